The summed E-state index contributed by atoms with van der Waals surface area (Å²) in [5.74, 6) is 1.74. The number of amides is 1. The van der Waals surface area contributed by atoms with Crippen LogP contribution in [0.1, 0.15) is 37.3 Å². The molecular weight excluding hydrogens is 336 g/mol. The van der Waals surface area contributed by atoms with Gasteiger partial charge in [0.25, 0.3) is 0 Å². The van der Waals surface area contributed by atoms with E-state index in [1.165, 1.54) is 0 Å². The highest BCUT2D eigenvalue weighted by Crippen LogP contribution is 2.25. The van der Waals surface area contributed by atoms with Gasteiger partial charge in [-0.25, -0.2) is 4.98 Å². The molecule has 0 aliphatic rings. The number of nitrogens with zero attached hydrogens (tertiary/aromatic N) is 1. The van der Waals surface area contributed by atoms with Crippen molar-refractivity contribution in [3.63, 3.8) is 0 Å². The van der Waals surface area contributed by atoms with E-state index in [0.717, 1.165) is 17.5 Å². The molecule has 2 rings (SSSR count). The van der Waals surface area contributed by atoms with E-state index in [2.05, 4.69) is 24.1 Å². The van der Waals surface area contributed by atoms with Crippen molar-refractivity contribution in [2.45, 2.75) is 39.9 Å². The summed E-state index contributed by atoms with van der Waals surface area (Å²) in [5, 5.41) is 2.81. The SMILES string of the molecule is Cc1ccccc1-c1nc(C[S@](=O)CC(=O)NCCC(C)C)c(C)o1. The van der Waals surface area contributed by atoms with Crippen LogP contribution < -0.4 is 5.32 Å². The summed E-state index contributed by atoms with van der Waals surface area (Å²) < 4.78 is 18.0. The Morgan fingerprint density at radius 2 is 2.00 bits per heavy atom. The third-order valence-electron chi connectivity index (χ3n) is 3.90. The molecule has 0 unspecified atom stereocenters. The number of aromatic nitrogens is 1. The van der Waals surface area contributed by atoms with Gasteiger partial charge in [-0.3, -0.25) is 9.00 Å². The standard InChI is InChI=1S/C19H26N2O3S/c1-13(2)9-10-20-18(22)12-25(23)11-17-15(4)24-19(21-17)16-8-6-5-7-14(16)3/h5-8,13H,9-12H2,1-4H3,(H,20,22)/t25-/m0/s1. The van der Waals surface area contributed by atoms with Crippen LogP contribution in [0.2, 0.25) is 0 Å². The first kappa shape index (κ1) is 19.4. The van der Waals surface area contributed by atoms with E-state index in [-0.39, 0.29) is 17.4 Å². The van der Waals surface area contributed by atoms with Crippen LogP contribution in [0.3, 0.4) is 0 Å². The van der Waals surface area contributed by atoms with Crippen LogP contribution in [-0.2, 0) is 21.3 Å². The lowest BCUT2D eigenvalue weighted by Gasteiger charge is -2.06. The van der Waals surface area contributed by atoms with Crippen LogP contribution in [0.4, 0.5) is 0 Å². The van der Waals surface area contributed by atoms with Crippen molar-refractivity contribution in [1.29, 1.82) is 0 Å². The Morgan fingerprint density at radius 1 is 1.28 bits per heavy atom. The van der Waals surface area contributed by atoms with Gasteiger partial charge < -0.3 is 9.73 Å². The first-order chi connectivity index (χ1) is 11.9. The molecule has 25 heavy (non-hydrogen) atoms. The Kier molecular flexibility index (Phi) is 6.93. The highest BCUT2D eigenvalue weighted by Gasteiger charge is 2.16. The van der Waals surface area contributed by atoms with E-state index in [1.54, 1.807) is 0 Å². The summed E-state index contributed by atoms with van der Waals surface area (Å²) in [6, 6.07) is 7.83. The molecule has 136 valence electrons. The van der Waals surface area contributed by atoms with E-state index in [4.69, 9.17) is 4.42 Å². The topological polar surface area (TPSA) is 72.2 Å². The number of carbonyl (C=O) groups excluding carboxylic acids is 1. The van der Waals surface area contributed by atoms with Crippen molar-refractivity contribution in [2.75, 3.05) is 12.3 Å². The van der Waals surface area contributed by atoms with E-state index in [1.807, 2.05) is 38.1 Å². The highest BCUT2D eigenvalue weighted by atomic mass is 32.2. The minimum atomic E-state index is -1.31. The summed E-state index contributed by atoms with van der Waals surface area (Å²) in [6.45, 7) is 8.62. The molecule has 1 atom stereocenters. The maximum absolute atomic E-state index is 12.3. The zero-order chi connectivity index (χ0) is 18.4. The molecule has 0 fully saturated rings. The number of benzene rings is 1. The summed E-state index contributed by atoms with van der Waals surface area (Å²) in [6.07, 6.45) is 0.917. The lowest BCUT2D eigenvalue weighted by molar-refractivity contribution is -0.118. The molecule has 1 aromatic heterocycles. The predicted octanol–water partition coefficient (Wildman–Crippen LogP) is 3.37. The molecule has 0 saturated carbocycles. The second kappa shape index (κ2) is 8.94. The van der Waals surface area contributed by atoms with Gasteiger partial charge in [0.1, 0.15) is 11.5 Å². The first-order valence-corrected chi connectivity index (χ1v) is 9.99. The van der Waals surface area contributed by atoms with Crippen LogP contribution in [0.15, 0.2) is 28.7 Å². The second-order valence-corrected chi connectivity index (χ2v) is 8.05. The van der Waals surface area contributed by atoms with Crippen molar-refractivity contribution in [2.24, 2.45) is 5.92 Å². The third kappa shape index (κ3) is 5.81. The number of nitrogens with one attached hydrogen (secondary N) is 1. The lowest BCUT2D eigenvalue weighted by atomic mass is 10.1. The van der Waals surface area contributed by atoms with E-state index in [0.29, 0.717) is 29.8 Å². The molecule has 2 aromatic rings. The molecule has 0 aliphatic carbocycles. The Morgan fingerprint density at radius 3 is 2.68 bits per heavy atom. The van der Waals surface area contributed by atoms with Crippen molar-refractivity contribution in [1.82, 2.24) is 10.3 Å². The van der Waals surface area contributed by atoms with Gasteiger partial charge in [-0.1, -0.05) is 32.0 Å². The number of oxazole rings is 1. The van der Waals surface area contributed by atoms with E-state index < -0.39 is 10.8 Å². The first-order valence-electron chi connectivity index (χ1n) is 8.50. The molecule has 0 aliphatic heterocycles. The molecule has 1 heterocycles. The fraction of sp³-hybridized carbons (Fsp3) is 0.474. The van der Waals surface area contributed by atoms with Gasteiger partial charge in [0.2, 0.25) is 11.8 Å². The number of carbonyl (C=O) groups is 1. The fourth-order valence-electron chi connectivity index (χ4n) is 2.39. The van der Waals surface area contributed by atoms with Crippen LogP contribution in [0, 0.1) is 19.8 Å². The normalized spacial score (nSPS) is 12.4. The lowest BCUT2D eigenvalue weighted by Crippen LogP contribution is -2.30. The average molecular weight is 362 g/mol. The second-order valence-electron chi connectivity index (χ2n) is 6.60. The van der Waals surface area contributed by atoms with Gasteiger partial charge in [-0.2, -0.15) is 0 Å². The summed E-state index contributed by atoms with van der Waals surface area (Å²) >= 11 is 0. The molecule has 1 aromatic carbocycles. The number of rotatable bonds is 8. The number of hydrogen-bond donors (Lipinski definition) is 1. The third-order valence-corrected chi connectivity index (χ3v) is 5.08. The predicted molar refractivity (Wildman–Crippen MR) is 101 cm³/mol. The van der Waals surface area contributed by atoms with Gasteiger partial charge in [-0.05, 0) is 37.8 Å². The smallest absolute Gasteiger partial charge is 0.232 e. The largest absolute Gasteiger partial charge is 0.441 e. The maximum atomic E-state index is 12.3. The van der Waals surface area contributed by atoms with Crippen LogP contribution in [0.5, 0.6) is 0 Å². The maximum Gasteiger partial charge on any atom is 0.232 e. The minimum absolute atomic E-state index is 0.00983. The molecule has 5 nitrogen and oxygen atoms in total. The summed E-state index contributed by atoms with van der Waals surface area (Å²) in [7, 11) is -1.31. The van der Waals surface area contributed by atoms with Crippen molar-refractivity contribution in [3.8, 4) is 11.5 Å². The van der Waals surface area contributed by atoms with Gasteiger partial charge in [0.05, 0.1) is 11.4 Å². The van der Waals surface area contributed by atoms with Gasteiger partial charge in [-0.15, -0.1) is 0 Å². The van der Waals surface area contributed by atoms with E-state index >= 15 is 0 Å². The van der Waals surface area contributed by atoms with Crippen LogP contribution in [-0.4, -0.2) is 27.4 Å². The van der Waals surface area contributed by atoms with Crippen molar-refractivity contribution < 1.29 is 13.4 Å². The van der Waals surface area contributed by atoms with Crippen molar-refractivity contribution in [3.05, 3.63) is 41.3 Å². The zero-order valence-corrected chi connectivity index (χ0v) is 16.1. The Bertz CT molecular complexity index is 753. The highest BCUT2D eigenvalue weighted by molar-refractivity contribution is 7.84. The summed E-state index contributed by atoms with van der Waals surface area (Å²) in [4.78, 5) is 16.3. The molecule has 1 N–H and O–H groups in total. The Balaban J connectivity index is 1.95. The van der Waals surface area contributed by atoms with Crippen molar-refractivity contribution >= 4 is 16.7 Å². The van der Waals surface area contributed by atoms with Crippen LogP contribution in [0.25, 0.3) is 11.5 Å². The minimum Gasteiger partial charge on any atom is -0.441 e. The molecule has 6 heteroatoms. The molecule has 1 amide bonds. The van der Waals surface area contributed by atoms with Gasteiger partial charge >= 0.3 is 0 Å². The molecule has 0 saturated heterocycles. The zero-order valence-electron chi connectivity index (χ0n) is 15.3. The average Bonchev–Trinajstić information content (AvgIpc) is 2.87. The number of aryl methyl sites for hydroxylation is 2. The van der Waals surface area contributed by atoms with E-state index in [9.17, 15) is 9.00 Å². The molecular formula is C19H26N2O3S. The Hall–Kier alpha value is -1.95. The fourth-order valence-corrected chi connectivity index (χ4v) is 3.46. The number of hydrogen-bond acceptors (Lipinski definition) is 4. The quantitative estimate of drug-likeness (QED) is 0.781. The molecule has 0 bridgehead atoms. The molecule has 0 radical (unpaired) electrons. The van der Waals surface area contributed by atoms with Gasteiger partial charge in [0, 0.05) is 22.9 Å². The van der Waals surface area contributed by atoms with Gasteiger partial charge in [0.15, 0.2) is 0 Å². The molecule has 0 spiro atoms. The Labute approximate surface area is 151 Å². The monoisotopic (exact) mass is 362 g/mol. The summed E-state index contributed by atoms with van der Waals surface area (Å²) in [5.41, 5.74) is 2.64. The van der Waals surface area contributed by atoms with Crippen LogP contribution >= 0.6 is 0 Å².